The number of rotatable bonds is 3. The molecule has 1 N–H and O–H groups in total. The number of nitrogens with one attached hydrogen (secondary N) is 1. The van der Waals surface area contributed by atoms with Crippen LogP contribution in [0, 0.1) is 0 Å². The first-order valence-corrected chi connectivity index (χ1v) is 7.25. The molecule has 0 aromatic carbocycles. The monoisotopic (exact) mass is 315 g/mol. The van der Waals surface area contributed by atoms with Crippen LogP contribution < -0.4 is 5.32 Å². The second-order valence-corrected chi connectivity index (χ2v) is 6.76. The summed E-state index contributed by atoms with van der Waals surface area (Å²) in [6, 6.07) is 7.79. The van der Waals surface area contributed by atoms with Crippen LogP contribution in [-0.2, 0) is 0 Å². The van der Waals surface area contributed by atoms with E-state index < -0.39 is 0 Å². The van der Waals surface area contributed by atoms with Gasteiger partial charge in [0.1, 0.15) is 0 Å². The molecule has 0 saturated heterocycles. The van der Waals surface area contributed by atoms with Crippen LogP contribution in [0.25, 0.3) is 0 Å². The van der Waals surface area contributed by atoms with Gasteiger partial charge in [0, 0.05) is 4.88 Å². The van der Waals surface area contributed by atoms with Crippen LogP contribution in [0.3, 0.4) is 0 Å². The van der Waals surface area contributed by atoms with E-state index in [1.807, 2.05) is 36.6 Å². The van der Waals surface area contributed by atoms with Gasteiger partial charge < -0.3 is 5.32 Å². The molecule has 0 saturated carbocycles. The Bertz CT molecular complexity index is 478. The molecule has 0 radical (unpaired) electrons. The molecular weight excluding hydrogens is 306 g/mol. The number of carbonyl (C=O) groups is 1. The minimum Gasteiger partial charge on any atom is -0.344 e. The first-order chi connectivity index (χ1) is 7.66. The average molecular weight is 316 g/mol. The molecule has 0 spiro atoms. The molecule has 2 heterocycles. The number of thiophene rings is 2. The third-order valence-electron chi connectivity index (χ3n) is 2.11. The summed E-state index contributed by atoms with van der Waals surface area (Å²) >= 11 is 6.44. The topological polar surface area (TPSA) is 29.1 Å². The third kappa shape index (κ3) is 2.72. The van der Waals surface area contributed by atoms with Crippen LogP contribution in [0.15, 0.2) is 33.4 Å². The highest BCUT2D eigenvalue weighted by Gasteiger charge is 2.13. The maximum absolute atomic E-state index is 11.8. The Morgan fingerprint density at radius 3 is 2.81 bits per heavy atom. The Hall–Kier alpha value is -0.650. The van der Waals surface area contributed by atoms with Crippen LogP contribution in [0.4, 0.5) is 0 Å². The van der Waals surface area contributed by atoms with E-state index in [4.69, 9.17) is 0 Å². The van der Waals surface area contributed by atoms with Crippen molar-refractivity contribution < 1.29 is 4.79 Å². The summed E-state index contributed by atoms with van der Waals surface area (Å²) in [5, 5.41) is 4.99. The number of hydrogen-bond acceptors (Lipinski definition) is 3. The van der Waals surface area contributed by atoms with Crippen LogP contribution in [0.5, 0.6) is 0 Å². The summed E-state index contributed by atoms with van der Waals surface area (Å²) < 4.78 is 0.974. The Morgan fingerprint density at radius 2 is 2.25 bits per heavy atom. The average Bonchev–Trinajstić information content (AvgIpc) is 2.87. The van der Waals surface area contributed by atoms with Gasteiger partial charge in [-0.2, -0.15) is 0 Å². The molecule has 2 rings (SSSR count). The molecule has 0 unspecified atom stereocenters. The first-order valence-electron chi connectivity index (χ1n) is 4.76. The van der Waals surface area contributed by atoms with Crippen LogP contribution in [-0.4, -0.2) is 5.91 Å². The molecule has 5 heteroatoms. The van der Waals surface area contributed by atoms with E-state index in [1.165, 1.54) is 16.2 Å². The summed E-state index contributed by atoms with van der Waals surface area (Å²) in [4.78, 5) is 13.7. The maximum Gasteiger partial charge on any atom is 0.261 e. The van der Waals surface area contributed by atoms with Gasteiger partial charge in [0.05, 0.1) is 14.7 Å². The summed E-state index contributed by atoms with van der Waals surface area (Å²) in [6.07, 6.45) is 0. The van der Waals surface area contributed by atoms with Gasteiger partial charge in [-0.25, -0.2) is 0 Å². The second kappa shape index (κ2) is 5.12. The fourth-order valence-corrected chi connectivity index (χ4v) is 3.34. The lowest BCUT2D eigenvalue weighted by molar-refractivity contribution is 0.0944. The zero-order valence-electron chi connectivity index (χ0n) is 8.57. The van der Waals surface area contributed by atoms with Crippen LogP contribution in [0.2, 0.25) is 0 Å². The molecule has 2 aromatic rings. The van der Waals surface area contributed by atoms with Crippen molar-refractivity contribution in [1.29, 1.82) is 0 Å². The molecule has 0 bridgehead atoms. The van der Waals surface area contributed by atoms with E-state index in [9.17, 15) is 4.79 Å². The second-order valence-electron chi connectivity index (χ2n) is 3.31. The smallest absolute Gasteiger partial charge is 0.261 e. The van der Waals surface area contributed by atoms with Crippen molar-refractivity contribution in [3.8, 4) is 0 Å². The van der Waals surface area contributed by atoms with Gasteiger partial charge in [-0.05, 0) is 46.4 Å². The molecule has 16 heavy (non-hydrogen) atoms. The minimum atomic E-state index is -0.0170. The maximum atomic E-state index is 11.8. The van der Waals surface area contributed by atoms with E-state index in [2.05, 4.69) is 21.2 Å². The fourth-order valence-electron chi connectivity index (χ4n) is 1.31. The number of halogens is 1. The van der Waals surface area contributed by atoms with Crippen molar-refractivity contribution in [2.75, 3.05) is 0 Å². The van der Waals surface area contributed by atoms with Gasteiger partial charge in [0.25, 0.3) is 5.91 Å². The third-order valence-corrected chi connectivity index (χ3v) is 4.79. The lowest BCUT2D eigenvalue weighted by Crippen LogP contribution is -2.25. The van der Waals surface area contributed by atoms with E-state index >= 15 is 0 Å². The van der Waals surface area contributed by atoms with Gasteiger partial charge in [-0.15, -0.1) is 22.7 Å². The molecule has 0 fully saturated rings. The highest BCUT2D eigenvalue weighted by atomic mass is 79.9. The predicted octanol–water partition coefficient (Wildman–Crippen LogP) is 4.06. The molecule has 0 aliphatic carbocycles. The normalized spacial score (nSPS) is 12.4. The molecular formula is C11H10BrNOS2. The highest BCUT2D eigenvalue weighted by molar-refractivity contribution is 9.11. The SMILES string of the molecule is C[C@@H](NC(=O)c1ccc(Br)s1)c1cccs1. The molecule has 84 valence electrons. The largest absolute Gasteiger partial charge is 0.344 e. The first kappa shape index (κ1) is 11.8. The highest BCUT2D eigenvalue weighted by Crippen LogP contribution is 2.23. The van der Waals surface area contributed by atoms with Crippen molar-refractivity contribution in [1.82, 2.24) is 5.32 Å². The zero-order chi connectivity index (χ0) is 11.5. The lowest BCUT2D eigenvalue weighted by atomic mass is 10.2. The summed E-state index contributed by atoms with van der Waals surface area (Å²) in [6.45, 7) is 1.99. The van der Waals surface area contributed by atoms with Gasteiger partial charge in [-0.1, -0.05) is 6.07 Å². The van der Waals surface area contributed by atoms with Crippen molar-refractivity contribution >= 4 is 44.5 Å². The molecule has 1 amide bonds. The molecule has 0 aliphatic rings. The summed E-state index contributed by atoms with van der Waals surface area (Å²) in [7, 11) is 0. The number of carbonyl (C=O) groups excluding carboxylic acids is 1. The van der Waals surface area contributed by atoms with E-state index in [0.29, 0.717) is 0 Å². The lowest BCUT2D eigenvalue weighted by Gasteiger charge is -2.10. The Labute approximate surface area is 110 Å². The molecule has 2 aromatic heterocycles. The quantitative estimate of drug-likeness (QED) is 0.909. The summed E-state index contributed by atoms with van der Waals surface area (Å²) in [5.74, 6) is -0.0170. The number of amides is 1. The van der Waals surface area contributed by atoms with Gasteiger partial charge in [0.15, 0.2) is 0 Å². The van der Waals surface area contributed by atoms with E-state index in [1.54, 1.807) is 11.3 Å². The van der Waals surface area contributed by atoms with Crippen molar-refractivity contribution in [3.63, 3.8) is 0 Å². The summed E-state index contributed by atoms with van der Waals surface area (Å²) in [5.41, 5.74) is 0. The number of hydrogen-bond donors (Lipinski definition) is 1. The van der Waals surface area contributed by atoms with Gasteiger partial charge in [-0.3, -0.25) is 4.79 Å². The Morgan fingerprint density at radius 1 is 1.44 bits per heavy atom. The van der Waals surface area contributed by atoms with Gasteiger partial charge in [0.2, 0.25) is 0 Å². The predicted molar refractivity (Wildman–Crippen MR) is 72.2 cm³/mol. The standard InChI is InChI=1S/C11H10BrNOS2/c1-7(8-3-2-6-15-8)13-11(14)9-4-5-10(12)16-9/h2-7H,1H3,(H,13,14)/t7-/m1/s1. The zero-order valence-corrected chi connectivity index (χ0v) is 11.8. The van der Waals surface area contributed by atoms with Crippen molar-refractivity contribution in [2.24, 2.45) is 0 Å². The van der Waals surface area contributed by atoms with Gasteiger partial charge >= 0.3 is 0 Å². The molecule has 0 aliphatic heterocycles. The van der Waals surface area contributed by atoms with Crippen molar-refractivity contribution in [2.45, 2.75) is 13.0 Å². The molecule has 2 nitrogen and oxygen atoms in total. The van der Waals surface area contributed by atoms with Crippen molar-refractivity contribution in [3.05, 3.63) is 43.2 Å². The van der Waals surface area contributed by atoms with Crippen LogP contribution >= 0.6 is 38.6 Å². The van der Waals surface area contributed by atoms with E-state index in [-0.39, 0.29) is 11.9 Å². The Kier molecular flexibility index (Phi) is 3.78. The molecule has 1 atom stereocenters. The van der Waals surface area contributed by atoms with Crippen LogP contribution in [0.1, 0.15) is 27.5 Å². The Balaban J connectivity index is 2.03. The van der Waals surface area contributed by atoms with E-state index in [0.717, 1.165) is 8.66 Å². The fraction of sp³-hybridized carbons (Fsp3) is 0.182. The minimum absolute atomic E-state index is 0.0170.